The van der Waals surface area contributed by atoms with Crippen LogP contribution in [0.1, 0.15) is 33.1 Å². The first-order valence-corrected chi connectivity index (χ1v) is 6.21. The second-order valence-electron chi connectivity index (χ2n) is 4.42. The van der Waals surface area contributed by atoms with Gasteiger partial charge in [0.05, 0.1) is 0 Å². The Morgan fingerprint density at radius 1 is 1.33 bits per heavy atom. The standard InChI is InChI=1S/C15H20O3/c1-3-4-5-9-12-15(2,14(16)17)18-13-10-7-6-8-11-13/h5-11H,3-4,12H2,1-2H3,(H,16,17)/b9-5+. The van der Waals surface area contributed by atoms with Crippen molar-refractivity contribution >= 4 is 5.97 Å². The molecular weight excluding hydrogens is 228 g/mol. The van der Waals surface area contributed by atoms with Crippen molar-refractivity contribution < 1.29 is 14.6 Å². The maximum Gasteiger partial charge on any atom is 0.348 e. The average molecular weight is 248 g/mol. The van der Waals surface area contributed by atoms with Gasteiger partial charge in [0.2, 0.25) is 5.60 Å². The van der Waals surface area contributed by atoms with Gasteiger partial charge in [-0.05, 0) is 25.5 Å². The molecule has 0 heterocycles. The van der Waals surface area contributed by atoms with E-state index >= 15 is 0 Å². The highest BCUT2D eigenvalue weighted by atomic mass is 16.5. The number of allylic oxidation sites excluding steroid dienone is 1. The number of unbranched alkanes of at least 4 members (excludes halogenated alkanes) is 1. The molecule has 0 aromatic heterocycles. The molecule has 1 aromatic carbocycles. The molecule has 0 spiro atoms. The number of hydrogen-bond donors (Lipinski definition) is 1. The van der Waals surface area contributed by atoms with Crippen LogP contribution >= 0.6 is 0 Å². The quantitative estimate of drug-likeness (QED) is 0.749. The van der Waals surface area contributed by atoms with Crippen LogP contribution in [-0.4, -0.2) is 16.7 Å². The van der Waals surface area contributed by atoms with Gasteiger partial charge in [-0.3, -0.25) is 0 Å². The maximum absolute atomic E-state index is 11.3. The van der Waals surface area contributed by atoms with Crippen LogP contribution in [0, 0.1) is 0 Å². The van der Waals surface area contributed by atoms with Crippen molar-refractivity contribution in [3.05, 3.63) is 42.5 Å². The van der Waals surface area contributed by atoms with E-state index in [1.54, 1.807) is 19.1 Å². The number of ether oxygens (including phenoxy) is 1. The summed E-state index contributed by atoms with van der Waals surface area (Å²) in [5, 5.41) is 9.29. The van der Waals surface area contributed by atoms with Crippen LogP contribution in [0.2, 0.25) is 0 Å². The molecule has 1 atom stereocenters. The molecule has 0 saturated carbocycles. The summed E-state index contributed by atoms with van der Waals surface area (Å²) in [4.78, 5) is 11.3. The van der Waals surface area contributed by atoms with Crippen molar-refractivity contribution in [2.24, 2.45) is 0 Å². The van der Waals surface area contributed by atoms with Gasteiger partial charge in [0.25, 0.3) is 0 Å². The highest BCUT2D eigenvalue weighted by Gasteiger charge is 2.34. The fourth-order valence-corrected chi connectivity index (χ4v) is 1.51. The van der Waals surface area contributed by atoms with Gasteiger partial charge in [0.1, 0.15) is 5.75 Å². The Kier molecular flexibility index (Phi) is 5.43. The van der Waals surface area contributed by atoms with Gasteiger partial charge >= 0.3 is 5.97 Å². The van der Waals surface area contributed by atoms with Crippen molar-refractivity contribution in [1.29, 1.82) is 0 Å². The number of para-hydroxylation sites is 1. The third-order valence-corrected chi connectivity index (χ3v) is 2.67. The molecule has 3 heteroatoms. The molecule has 1 unspecified atom stereocenters. The minimum absolute atomic E-state index is 0.358. The summed E-state index contributed by atoms with van der Waals surface area (Å²) in [6.45, 7) is 3.68. The lowest BCUT2D eigenvalue weighted by Gasteiger charge is -2.25. The fourth-order valence-electron chi connectivity index (χ4n) is 1.51. The highest BCUT2D eigenvalue weighted by Crippen LogP contribution is 2.22. The third-order valence-electron chi connectivity index (χ3n) is 2.67. The topological polar surface area (TPSA) is 46.5 Å². The Bertz CT molecular complexity index is 397. The molecular formula is C15H20O3. The Morgan fingerprint density at radius 3 is 2.56 bits per heavy atom. The van der Waals surface area contributed by atoms with Gasteiger partial charge in [-0.1, -0.05) is 43.7 Å². The molecule has 1 N–H and O–H groups in total. The zero-order chi connectivity index (χ0) is 13.4. The van der Waals surface area contributed by atoms with Crippen molar-refractivity contribution in [2.45, 2.75) is 38.7 Å². The van der Waals surface area contributed by atoms with Gasteiger partial charge < -0.3 is 9.84 Å². The summed E-state index contributed by atoms with van der Waals surface area (Å²) in [6.07, 6.45) is 6.24. The van der Waals surface area contributed by atoms with Gasteiger partial charge in [0.15, 0.2) is 0 Å². The molecule has 0 aliphatic heterocycles. The van der Waals surface area contributed by atoms with Gasteiger partial charge in [-0.15, -0.1) is 0 Å². The highest BCUT2D eigenvalue weighted by molar-refractivity contribution is 5.77. The number of carbonyl (C=O) groups is 1. The zero-order valence-electron chi connectivity index (χ0n) is 10.9. The van der Waals surface area contributed by atoms with E-state index in [9.17, 15) is 9.90 Å². The Labute approximate surface area is 108 Å². The Hall–Kier alpha value is -1.77. The molecule has 0 aliphatic rings. The van der Waals surface area contributed by atoms with Crippen LogP contribution in [0.15, 0.2) is 42.5 Å². The van der Waals surface area contributed by atoms with E-state index in [-0.39, 0.29) is 0 Å². The minimum atomic E-state index is -1.22. The van der Waals surface area contributed by atoms with E-state index < -0.39 is 11.6 Å². The molecule has 0 aliphatic carbocycles. The minimum Gasteiger partial charge on any atom is -0.478 e. The molecule has 0 amide bonds. The van der Waals surface area contributed by atoms with Crippen LogP contribution < -0.4 is 4.74 Å². The predicted molar refractivity (Wildman–Crippen MR) is 71.8 cm³/mol. The SMILES string of the molecule is CCC/C=C/CC(C)(Oc1ccccc1)C(=O)O. The predicted octanol–water partition coefficient (Wildman–Crippen LogP) is 3.66. The van der Waals surface area contributed by atoms with Crippen LogP contribution in [0.5, 0.6) is 5.75 Å². The van der Waals surface area contributed by atoms with Crippen LogP contribution in [0.4, 0.5) is 0 Å². The summed E-state index contributed by atoms with van der Waals surface area (Å²) in [5.74, 6) is -0.376. The van der Waals surface area contributed by atoms with E-state index in [2.05, 4.69) is 6.92 Å². The number of aliphatic carboxylic acids is 1. The van der Waals surface area contributed by atoms with Crippen LogP contribution in [-0.2, 0) is 4.79 Å². The molecule has 3 nitrogen and oxygen atoms in total. The normalized spacial score (nSPS) is 14.3. The first kappa shape index (κ1) is 14.3. The van der Waals surface area contributed by atoms with E-state index in [0.717, 1.165) is 12.8 Å². The van der Waals surface area contributed by atoms with Crippen molar-refractivity contribution in [3.8, 4) is 5.75 Å². The lowest BCUT2D eigenvalue weighted by molar-refractivity contribution is -0.153. The second-order valence-corrected chi connectivity index (χ2v) is 4.42. The van der Waals surface area contributed by atoms with E-state index in [4.69, 9.17) is 4.74 Å². The summed E-state index contributed by atoms with van der Waals surface area (Å²) in [7, 11) is 0. The van der Waals surface area contributed by atoms with Crippen molar-refractivity contribution in [3.63, 3.8) is 0 Å². The van der Waals surface area contributed by atoms with E-state index in [1.807, 2.05) is 30.4 Å². The first-order valence-electron chi connectivity index (χ1n) is 6.21. The molecule has 1 aromatic rings. The van der Waals surface area contributed by atoms with Gasteiger partial charge in [-0.2, -0.15) is 0 Å². The molecule has 0 saturated heterocycles. The van der Waals surface area contributed by atoms with Crippen molar-refractivity contribution in [2.75, 3.05) is 0 Å². The van der Waals surface area contributed by atoms with E-state index in [1.165, 1.54) is 0 Å². The first-order chi connectivity index (χ1) is 8.58. The summed E-state index contributed by atoms with van der Waals surface area (Å²) in [5.41, 5.74) is -1.22. The molecule has 1 rings (SSSR count). The number of carboxylic acid groups (broad SMARTS) is 1. The largest absolute Gasteiger partial charge is 0.478 e. The number of rotatable bonds is 7. The zero-order valence-corrected chi connectivity index (χ0v) is 10.9. The number of hydrogen-bond acceptors (Lipinski definition) is 2. The number of carboxylic acids is 1. The lowest BCUT2D eigenvalue weighted by Crippen LogP contribution is -2.41. The van der Waals surface area contributed by atoms with Crippen LogP contribution in [0.25, 0.3) is 0 Å². The molecule has 0 radical (unpaired) electrons. The smallest absolute Gasteiger partial charge is 0.348 e. The third kappa shape index (κ3) is 4.24. The van der Waals surface area contributed by atoms with Gasteiger partial charge in [-0.25, -0.2) is 4.79 Å². The van der Waals surface area contributed by atoms with Gasteiger partial charge in [0, 0.05) is 6.42 Å². The average Bonchev–Trinajstić information content (AvgIpc) is 2.36. The number of benzene rings is 1. The van der Waals surface area contributed by atoms with E-state index in [0.29, 0.717) is 12.2 Å². The molecule has 0 bridgehead atoms. The lowest BCUT2D eigenvalue weighted by atomic mass is 10.0. The maximum atomic E-state index is 11.3. The molecule has 0 fully saturated rings. The molecule has 98 valence electrons. The van der Waals surface area contributed by atoms with Crippen molar-refractivity contribution in [1.82, 2.24) is 0 Å². The second kappa shape index (κ2) is 6.84. The van der Waals surface area contributed by atoms with Crippen LogP contribution in [0.3, 0.4) is 0 Å². The summed E-state index contributed by atoms with van der Waals surface area (Å²) >= 11 is 0. The summed E-state index contributed by atoms with van der Waals surface area (Å²) < 4.78 is 5.59. The molecule has 18 heavy (non-hydrogen) atoms. The monoisotopic (exact) mass is 248 g/mol. The Morgan fingerprint density at radius 2 is 2.00 bits per heavy atom. The summed E-state index contributed by atoms with van der Waals surface area (Å²) in [6, 6.07) is 9.04. The Balaban J connectivity index is 2.71. The fraction of sp³-hybridized carbons (Fsp3) is 0.400.